The van der Waals surface area contributed by atoms with Crippen molar-refractivity contribution in [1.82, 2.24) is 9.78 Å². The van der Waals surface area contributed by atoms with E-state index >= 15 is 0 Å². The fourth-order valence-corrected chi connectivity index (χ4v) is 3.13. The molecule has 5 nitrogen and oxygen atoms in total. The molecule has 1 aliphatic heterocycles. The summed E-state index contributed by atoms with van der Waals surface area (Å²) in [5.41, 5.74) is 3.74. The van der Waals surface area contributed by atoms with Gasteiger partial charge in [0.25, 0.3) is 5.91 Å². The topological polar surface area (TPSA) is 47.4 Å². The molecule has 3 aromatic rings. The van der Waals surface area contributed by atoms with E-state index in [1.54, 1.807) is 10.7 Å². The Morgan fingerprint density at radius 1 is 1.04 bits per heavy atom. The Kier molecular flexibility index (Phi) is 4.44. The highest BCUT2D eigenvalue weighted by atomic mass is 16.5. The van der Waals surface area contributed by atoms with Crippen molar-refractivity contribution in [3.05, 3.63) is 77.5 Å². The average molecular weight is 347 g/mol. The minimum atomic E-state index is -0.0339. The van der Waals surface area contributed by atoms with Gasteiger partial charge in [-0.3, -0.25) is 9.48 Å². The molecule has 0 unspecified atom stereocenters. The van der Waals surface area contributed by atoms with Crippen LogP contribution in [0.15, 0.2) is 60.7 Å². The zero-order chi connectivity index (χ0) is 17.9. The van der Waals surface area contributed by atoms with Crippen LogP contribution in [0.25, 0.3) is 0 Å². The van der Waals surface area contributed by atoms with Crippen molar-refractivity contribution in [2.75, 3.05) is 11.4 Å². The van der Waals surface area contributed by atoms with Crippen LogP contribution >= 0.6 is 0 Å². The first-order valence-electron chi connectivity index (χ1n) is 8.84. The molecule has 0 spiro atoms. The first-order valence-corrected chi connectivity index (χ1v) is 8.84. The number of carbonyl (C=O) groups is 1. The SMILES string of the molecule is Cc1ccc(N2CCCn3nc(OCc4ccccc4)cc3C2=O)cc1. The van der Waals surface area contributed by atoms with E-state index in [-0.39, 0.29) is 5.91 Å². The Balaban J connectivity index is 1.54. The summed E-state index contributed by atoms with van der Waals surface area (Å²) in [4.78, 5) is 14.8. The van der Waals surface area contributed by atoms with Crippen molar-refractivity contribution < 1.29 is 9.53 Å². The van der Waals surface area contributed by atoms with Crippen molar-refractivity contribution >= 4 is 11.6 Å². The normalized spacial score (nSPS) is 14.0. The zero-order valence-electron chi connectivity index (χ0n) is 14.8. The van der Waals surface area contributed by atoms with Gasteiger partial charge in [-0.1, -0.05) is 48.0 Å². The van der Waals surface area contributed by atoms with E-state index < -0.39 is 0 Å². The largest absolute Gasteiger partial charge is 0.472 e. The monoisotopic (exact) mass is 347 g/mol. The molecule has 0 saturated heterocycles. The molecule has 1 aliphatic rings. The molecule has 0 aliphatic carbocycles. The molecule has 0 N–H and O–H groups in total. The summed E-state index contributed by atoms with van der Waals surface area (Å²) in [6.45, 7) is 3.87. The van der Waals surface area contributed by atoms with E-state index in [0.29, 0.717) is 31.3 Å². The number of carbonyl (C=O) groups excluding carboxylic acids is 1. The lowest BCUT2D eigenvalue weighted by Gasteiger charge is -2.20. The van der Waals surface area contributed by atoms with Gasteiger partial charge < -0.3 is 9.64 Å². The highest BCUT2D eigenvalue weighted by molar-refractivity contribution is 6.05. The third-order valence-corrected chi connectivity index (χ3v) is 4.55. The van der Waals surface area contributed by atoms with Gasteiger partial charge in [0.1, 0.15) is 12.3 Å². The zero-order valence-corrected chi connectivity index (χ0v) is 14.8. The van der Waals surface area contributed by atoms with Crippen LogP contribution < -0.4 is 9.64 Å². The molecule has 0 saturated carbocycles. The van der Waals surface area contributed by atoms with Crippen molar-refractivity contribution in [2.45, 2.75) is 26.5 Å². The molecule has 132 valence electrons. The van der Waals surface area contributed by atoms with Gasteiger partial charge in [-0.25, -0.2) is 0 Å². The van der Waals surface area contributed by atoms with Crippen LogP contribution in [0.4, 0.5) is 5.69 Å². The van der Waals surface area contributed by atoms with E-state index in [1.807, 2.05) is 66.4 Å². The second-order valence-corrected chi connectivity index (χ2v) is 6.51. The second kappa shape index (κ2) is 7.04. The fraction of sp³-hybridized carbons (Fsp3) is 0.238. The average Bonchev–Trinajstić information content (AvgIpc) is 3.01. The van der Waals surface area contributed by atoms with E-state index in [0.717, 1.165) is 17.7 Å². The van der Waals surface area contributed by atoms with Crippen molar-refractivity contribution in [1.29, 1.82) is 0 Å². The quantitative estimate of drug-likeness (QED) is 0.721. The molecule has 1 aromatic heterocycles. The Labute approximate surface area is 152 Å². The highest BCUT2D eigenvalue weighted by Crippen LogP contribution is 2.24. The molecule has 0 bridgehead atoms. The Morgan fingerprint density at radius 3 is 2.58 bits per heavy atom. The molecule has 1 amide bonds. The first kappa shape index (κ1) is 16.4. The standard InChI is InChI=1S/C21H21N3O2/c1-16-8-10-18(11-9-16)23-12-5-13-24-19(21(23)25)14-20(22-24)26-15-17-6-3-2-4-7-17/h2-4,6-11,14H,5,12-13,15H2,1H3. The van der Waals surface area contributed by atoms with Crippen molar-refractivity contribution in [3.63, 3.8) is 0 Å². The van der Waals surface area contributed by atoms with Gasteiger partial charge in [-0.15, -0.1) is 5.10 Å². The number of hydrogen-bond donors (Lipinski definition) is 0. The third-order valence-electron chi connectivity index (χ3n) is 4.55. The summed E-state index contributed by atoms with van der Waals surface area (Å²) < 4.78 is 7.55. The lowest BCUT2D eigenvalue weighted by molar-refractivity contribution is 0.0982. The summed E-state index contributed by atoms with van der Waals surface area (Å²) in [5.74, 6) is 0.455. The molecule has 2 aromatic carbocycles. The molecule has 2 heterocycles. The van der Waals surface area contributed by atoms with Gasteiger partial charge >= 0.3 is 0 Å². The van der Waals surface area contributed by atoms with Crippen LogP contribution in [-0.4, -0.2) is 22.2 Å². The maximum absolute atomic E-state index is 13.0. The lowest BCUT2D eigenvalue weighted by Crippen LogP contribution is -2.30. The minimum absolute atomic E-state index is 0.0339. The number of nitrogens with zero attached hydrogens (tertiary/aromatic N) is 3. The maximum atomic E-state index is 13.0. The Morgan fingerprint density at radius 2 is 1.81 bits per heavy atom. The second-order valence-electron chi connectivity index (χ2n) is 6.51. The molecule has 0 atom stereocenters. The smallest absolute Gasteiger partial charge is 0.276 e. The molecule has 4 rings (SSSR count). The van der Waals surface area contributed by atoms with Crippen LogP contribution in [0.5, 0.6) is 5.88 Å². The molecule has 0 fully saturated rings. The van der Waals surface area contributed by atoms with Crippen LogP contribution in [-0.2, 0) is 13.2 Å². The van der Waals surface area contributed by atoms with Crippen LogP contribution in [0.2, 0.25) is 0 Å². The van der Waals surface area contributed by atoms with Crippen LogP contribution in [0.3, 0.4) is 0 Å². The molecule has 5 heteroatoms. The van der Waals surface area contributed by atoms with Gasteiger partial charge in [0.2, 0.25) is 5.88 Å². The van der Waals surface area contributed by atoms with E-state index in [2.05, 4.69) is 5.10 Å². The van der Waals surface area contributed by atoms with Gasteiger partial charge in [0.05, 0.1) is 0 Å². The highest BCUT2D eigenvalue weighted by Gasteiger charge is 2.26. The number of aryl methyl sites for hydroxylation is 2. The van der Waals surface area contributed by atoms with Gasteiger partial charge in [-0.05, 0) is 31.0 Å². The Bertz CT molecular complexity index is 901. The van der Waals surface area contributed by atoms with Crippen LogP contribution in [0, 0.1) is 6.92 Å². The molecule has 26 heavy (non-hydrogen) atoms. The van der Waals surface area contributed by atoms with Gasteiger partial charge in [-0.2, -0.15) is 0 Å². The summed E-state index contributed by atoms with van der Waals surface area (Å²) >= 11 is 0. The summed E-state index contributed by atoms with van der Waals surface area (Å²) in [6, 6.07) is 19.7. The van der Waals surface area contributed by atoms with E-state index in [9.17, 15) is 4.79 Å². The van der Waals surface area contributed by atoms with Crippen molar-refractivity contribution in [2.24, 2.45) is 0 Å². The molecule has 0 radical (unpaired) electrons. The number of hydrogen-bond acceptors (Lipinski definition) is 3. The number of ether oxygens (including phenoxy) is 1. The predicted molar refractivity (Wildman–Crippen MR) is 100 cm³/mol. The summed E-state index contributed by atoms with van der Waals surface area (Å²) in [7, 11) is 0. The maximum Gasteiger partial charge on any atom is 0.276 e. The lowest BCUT2D eigenvalue weighted by atomic mass is 10.2. The van der Waals surface area contributed by atoms with E-state index in [4.69, 9.17) is 4.74 Å². The fourth-order valence-electron chi connectivity index (χ4n) is 3.13. The Hall–Kier alpha value is -3.08. The van der Waals surface area contributed by atoms with E-state index in [1.165, 1.54) is 5.56 Å². The summed E-state index contributed by atoms with van der Waals surface area (Å²) in [5, 5.41) is 4.47. The number of fused-ring (bicyclic) bond motifs is 1. The number of amides is 1. The molecular weight excluding hydrogens is 326 g/mol. The predicted octanol–water partition coefficient (Wildman–Crippen LogP) is 3.82. The van der Waals surface area contributed by atoms with Crippen LogP contribution in [0.1, 0.15) is 28.0 Å². The number of rotatable bonds is 4. The molecular formula is C21H21N3O2. The number of anilines is 1. The third kappa shape index (κ3) is 3.33. The first-order chi connectivity index (χ1) is 12.7. The number of benzene rings is 2. The minimum Gasteiger partial charge on any atom is -0.472 e. The van der Waals surface area contributed by atoms with Gasteiger partial charge in [0, 0.05) is 24.8 Å². The van der Waals surface area contributed by atoms with Crippen molar-refractivity contribution in [3.8, 4) is 5.88 Å². The number of aromatic nitrogens is 2. The van der Waals surface area contributed by atoms with Gasteiger partial charge in [0.15, 0.2) is 0 Å². The summed E-state index contributed by atoms with van der Waals surface area (Å²) in [6.07, 6.45) is 0.854.